The Morgan fingerprint density at radius 3 is 2.57 bits per heavy atom. The van der Waals surface area contributed by atoms with Gasteiger partial charge in [0.15, 0.2) is 11.6 Å². The summed E-state index contributed by atoms with van der Waals surface area (Å²) in [6, 6.07) is 13.0. The van der Waals surface area contributed by atoms with Crippen LogP contribution in [0, 0.1) is 11.6 Å². The minimum absolute atomic E-state index is 0. The zero-order valence-corrected chi connectivity index (χ0v) is 16.0. The molecule has 1 N–H and O–H groups in total. The predicted molar refractivity (Wildman–Crippen MR) is 105 cm³/mol. The van der Waals surface area contributed by atoms with E-state index in [9.17, 15) is 13.6 Å². The molecule has 28 heavy (non-hydrogen) atoms. The predicted octanol–water partition coefficient (Wildman–Crippen LogP) is 3.25. The average molecular weight is 407 g/mol. The van der Waals surface area contributed by atoms with E-state index in [0.717, 1.165) is 43.8 Å². The van der Waals surface area contributed by atoms with Crippen molar-refractivity contribution in [1.29, 1.82) is 0 Å². The number of nitrogens with one attached hydrogen (secondary N) is 1. The fourth-order valence-corrected chi connectivity index (χ4v) is 3.49. The van der Waals surface area contributed by atoms with Crippen molar-refractivity contribution < 1.29 is 8.78 Å². The minimum Gasteiger partial charge on any atom is -0.316 e. The quantitative estimate of drug-likeness (QED) is 0.723. The van der Waals surface area contributed by atoms with Crippen LogP contribution in [-0.4, -0.2) is 27.4 Å². The maximum absolute atomic E-state index is 13.5. The number of nitrogens with zero attached hydrogens (tertiary/aromatic N) is 3. The minimum atomic E-state index is -0.931. The highest BCUT2D eigenvalue weighted by molar-refractivity contribution is 5.85. The molecule has 2 aromatic carbocycles. The van der Waals surface area contributed by atoms with Crippen LogP contribution in [0.2, 0.25) is 0 Å². The van der Waals surface area contributed by atoms with Crippen LogP contribution in [0.15, 0.2) is 53.3 Å². The molecule has 2 heterocycles. The molecule has 0 spiro atoms. The van der Waals surface area contributed by atoms with Gasteiger partial charge < -0.3 is 5.32 Å². The Labute approximate surface area is 167 Å². The monoisotopic (exact) mass is 406 g/mol. The summed E-state index contributed by atoms with van der Waals surface area (Å²) < 4.78 is 29.7. The number of piperidine rings is 1. The van der Waals surface area contributed by atoms with Crippen molar-refractivity contribution in [3.8, 4) is 5.69 Å². The maximum atomic E-state index is 13.5. The van der Waals surface area contributed by atoms with Crippen LogP contribution in [0.1, 0.15) is 30.1 Å². The summed E-state index contributed by atoms with van der Waals surface area (Å²) in [4.78, 5) is 13.1. The molecule has 0 saturated carbocycles. The van der Waals surface area contributed by atoms with Gasteiger partial charge >= 0.3 is 5.69 Å². The molecule has 1 unspecified atom stereocenters. The third kappa shape index (κ3) is 4.00. The second-order valence-electron chi connectivity index (χ2n) is 6.76. The van der Waals surface area contributed by atoms with Gasteiger partial charge in [0, 0.05) is 12.5 Å². The van der Waals surface area contributed by atoms with Crippen LogP contribution in [-0.2, 0) is 6.54 Å². The zero-order chi connectivity index (χ0) is 18.8. The van der Waals surface area contributed by atoms with Crippen LogP contribution < -0.4 is 11.0 Å². The molecule has 5 nitrogen and oxygen atoms in total. The normalized spacial score (nSPS) is 16.6. The molecule has 1 aromatic heterocycles. The molecular weight excluding hydrogens is 386 g/mol. The molecule has 0 radical (unpaired) electrons. The van der Waals surface area contributed by atoms with Crippen molar-refractivity contribution in [3.63, 3.8) is 0 Å². The fraction of sp³-hybridized carbons (Fsp3) is 0.300. The van der Waals surface area contributed by atoms with E-state index in [4.69, 9.17) is 0 Å². The molecule has 0 aliphatic carbocycles. The first-order valence-corrected chi connectivity index (χ1v) is 9.03. The molecule has 8 heteroatoms. The van der Waals surface area contributed by atoms with Crippen molar-refractivity contribution in [2.75, 3.05) is 13.1 Å². The summed E-state index contributed by atoms with van der Waals surface area (Å²) in [5, 5.41) is 7.92. The van der Waals surface area contributed by atoms with Gasteiger partial charge in [-0.15, -0.1) is 12.4 Å². The molecule has 0 bridgehead atoms. The van der Waals surface area contributed by atoms with E-state index >= 15 is 0 Å². The van der Waals surface area contributed by atoms with Gasteiger partial charge in [0.2, 0.25) is 0 Å². The lowest BCUT2D eigenvalue weighted by atomic mass is 9.99. The Morgan fingerprint density at radius 2 is 1.89 bits per heavy atom. The largest absolute Gasteiger partial charge is 0.350 e. The summed E-state index contributed by atoms with van der Waals surface area (Å²) in [7, 11) is 0. The molecule has 1 atom stereocenters. The van der Waals surface area contributed by atoms with E-state index in [0.29, 0.717) is 11.4 Å². The molecule has 1 aliphatic rings. The third-order valence-corrected chi connectivity index (χ3v) is 4.86. The second kappa shape index (κ2) is 8.67. The SMILES string of the molecule is Cl.O=c1n(Cc2ccc(F)c(F)c2)nc(C2CCCNC2)n1-c1ccccc1. The van der Waals surface area contributed by atoms with Gasteiger partial charge in [0.1, 0.15) is 5.82 Å². The fourth-order valence-electron chi connectivity index (χ4n) is 3.49. The number of halogens is 3. The van der Waals surface area contributed by atoms with Gasteiger partial charge in [0.05, 0.1) is 12.2 Å². The Bertz CT molecular complexity index is 997. The standard InChI is InChI=1S/C20H20F2N4O.ClH/c21-17-9-8-14(11-18(17)22)13-25-20(27)26(16-6-2-1-3-7-16)19(24-25)15-5-4-10-23-12-15;/h1-3,6-9,11,15,23H,4-5,10,12-13H2;1H. The van der Waals surface area contributed by atoms with Crippen molar-refractivity contribution in [1.82, 2.24) is 19.7 Å². The van der Waals surface area contributed by atoms with Gasteiger partial charge in [-0.25, -0.2) is 22.8 Å². The first-order chi connectivity index (χ1) is 13.1. The number of hydrogen-bond donors (Lipinski definition) is 1. The number of aromatic nitrogens is 3. The van der Waals surface area contributed by atoms with Gasteiger partial charge in [-0.3, -0.25) is 0 Å². The van der Waals surface area contributed by atoms with Crippen LogP contribution in [0.3, 0.4) is 0 Å². The van der Waals surface area contributed by atoms with Crippen LogP contribution in [0.5, 0.6) is 0 Å². The van der Waals surface area contributed by atoms with Crippen molar-refractivity contribution in [3.05, 3.63) is 82.0 Å². The van der Waals surface area contributed by atoms with Gasteiger partial charge in [-0.1, -0.05) is 24.3 Å². The maximum Gasteiger partial charge on any atom is 0.350 e. The van der Waals surface area contributed by atoms with E-state index in [1.165, 1.54) is 10.7 Å². The van der Waals surface area contributed by atoms with E-state index in [2.05, 4.69) is 10.4 Å². The van der Waals surface area contributed by atoms with Gasteiger partial charge in [-0.05, 0) is 49.2 Å². The molecule has 1 saturated heterocycles. The summed E-state index contributed by atoms with van der Waals surface area (Å²) in [6.07, 6.45) is 1.96. The summed E-state index contributed by atoms with van der Waals surface area (Å²) in [5.74, 6) is -1.02. The Morgan fingerprint density at radius 1 is 1.11 bits per heavy atom. The van der Waals surface area contributed by atoms with Crippen LogP contribution in [0.25, 0.3) is 5.69 Å². The summed E-state index contributed by atoms with van der Waals surface area (Å²) in [6.45, 7) is 1.80. The lowest BCUT2D eigenvalue weighted by Gasteiger charge is -2.22. The summed E-state index contributed by atoms with van der Waals surface area (Å²) in [5.41, 5.74) is 0.952. The molecule has 4 rings (SSSR count). The highest BCUT2D eigenvalue weighted by Gasteiger charge is 2.25. The van der Waals surface area contributed by atoms with Gasteiger partial charge in [-0.2, -0.15) is 5.10 Å². The molecule has 1 fully saturated rings. The first-order valence-electron chi connectivity index (χ1n) is 9.03. The lowest BCUT2D eigenvalue weighted by Crippen LogP contribution is -2.31. The van der Waals surface area contributed by atoms with Crippen molar-refractivity contribution >= 4 is 12.4 Å². The first kappa shape index (κ1) is 20.2. The smallest absolute Gasteiger partial charge is 0.316 e. The van der Waals surface area contributed by atoms with E-state index in [-0.39, 0.29) is 30.6 Å². The number of para-hydroxylation sites is 1. The van der Waals surface area contributed by atoms with Crippen LogP contribution >= 0.6 is 12.4 Å². The molecule has 0 amide bonds. The molecule has 148 valence electrons. The van der Waals surface area contributed by atoms with Crippen LogP contribution in [0.4, 0.5) is 8.78 Å². The zero-order valence-electron chi connectivity index (χ0n) is 15.1. The highest BCUT2D eigenvalue weighted by atomic mass is 35.5. The second-order valence-corrected chi connectivity index (χ2v) is 6.76. The number of benzene rings is 2. The van der Waals surface area contributed by atoms with Gasteiger partial charge in [0.25, 0.3) is 0 Å². The number of hydrogen-bond acceptors (Lipinski definition) is 3. The Hall–Kier alpha value is -2.51. The van der Waals surface area contributed by atoms with Crippen molar-refractivity contribution in [2.45, 2.75) is 25.3 Å². The Kier molecular flexibility index (Phi) is 6.26. The van der Waals surface area contributed by atoms with E-state index < -0.39 is 11.6 Å². The molecular formula is C20H21ClF2N4O. The lowest BCUT2D eigenvalue weighted by molar-refractivity contribution is 0.439. The highest BCUT2D eigenvalue weighted by Crippen LogP contribution is 2.23. The molecule has 3 aromatic rings. The average Bonchev–Trinajstić information content (AvgIpc) is 3.02. The van der Waals surface area contributed by atoms with Crippen molar-refractivity contribution in [2.24, 2.45) is 0 Å². The third-order valence-electron chi connectivity index (χ3n) is 4.86. The topological polar surface area (TPSA) is 51.9 Å². The van der Waals surface area contributed by atoms with E-state index in [1.54, 1.807) is 4.57 Å². The Balaban J connectivity index is 0.00000225. The molecule has 1 aliphatic heterocycles. The summed E-state index contributed by atoms with van der Waals surface area (Å²) >= 11 is 0. The number of rotatable bonds is 4. The van der Waals surface area contributed by atoms with E-state index in [1.807, 2.05) is 30.3 Å².